The van der Waals surface area contributed by atoms with Gasteiger partial charge in [0.2, 0.25) is 0 Å². The van der Waals surface area contributed by atoms with E-state index in [1.165, 1.54) is 16.3 Å². The molecule has 4 N–H and O–H groups in total. The normalized spacial score (nSPS) is 25.1. The Kier molecular flexibility index (Phi) is 6.46. The maximum Gasteiger partial charge on any atom is 0.191 e. The molecule has 0 amide bonds. The number of hydrogen-bond acceptors (Lipinski definition) is 8. The third kappa shape index (κ3) is 4.37. The lowest BCUT2D eigenvalue weighted by atomic mass is 9.99. The molecule has 34 heavy (non-hydrogen) atoms. The van der Waals surface area contributed by atoms with Crippen LogP contribution in [0.15, 0.2) is 67.0 Å². The van der Waals surface area contributed by atoms with Crippen LogP contribution in [-0.4, -0.2) is 67.3 Å². The summed E-state index contributed by atoms with van der Waals surface area (Å²) < 4.78 is 7.05. The van der Waals surface area contributed by atoms with Gasteiger partial charge in [-0.15, -0.1) is 0 Å². The Morgan fingerprint density at radius 1 is 0.941 bits per heavy atom. The lowest BCUT2D eigenvalue weighted by molar-refractivity contribution is -0.364. The minimum atomic E-state index is -1.59. The first-order valence-electron chi connectivity index (χ1n) is 11.1. The lowest BCUT2D eigenvalue weighted by Gasteiger charge is -2.38. The van der Waals surface area contributed by atoms with Gasteiger partial charge in [-0.2, -0.15) is 4.89 Å². The first-order valence-corrected chi connectivity index (χ1v) is 11.1. The van der Waals surface area contributed by atoms with Gasteiger partial charge in [0.15, 0.2) is 18.1 Å². The number of rotatable bonds is 7. The highest BCUT2D eigenvalue weighted by atomic mass is 17.2. The van der Waals surface area contributed by atoms with Crippen LogP contribution in [0.4, 0.5) is 0 Å². The number of imidazole rings is 1. The quantitative estimate of drug-likeness (QED) is 0.239. The molecule has 0 spiro atoms. The number of benzene rings is 3. The molecule has 2 heterocycles. The third-order valence-corrected chi connectivity index (χ3v) is 6.15. The van der Waals surface area contributed by atoms with E-state index >= 15 is 0 Å². The van der Waals surface area contributed by atoms with Crippen molar-refractivity contribution < 1.29 is 34.9 Å². The molecule has 9 nitrogen and oxygen atoms in total. The highest BCUT2D eigenvalue weighted by molar-refractivity contribution is 5.83. The number of aromatic nitrogens is 2. The highest BCUT2D eigenvalue weighted by Crippen LogP contribution is 2.28. The number of hydrogen-bond donors (Lipinski definition) is 4. The summed E-state index contributed by atoms with van der Waals surface area (Å²) in [7, 11) is 0. The Morgan fingerprint density at radius 3 is 2.59 bits per heavy atom. The van der Waals surface area contributed by atoms with Gasteiger partial charge in [0.05, 0.1) is 18.5 Å². The summed E-state index contributed by atoms with van der Waals surface area (Å²) in [6.07, 6.45) is -4.54. The molecule has 1 saturated heterocycles. The molecule has 1 aliphatic rings. The molecule has 0 bridgehead atoms. The minimum absolute atomic E-state index is 0.340. The Balaban J connectivity index is 1.32. The highest BCUT2D eigenvalue weighted by Gasteiger charge is 2.45. The zero-order valence-corrected chi connectivity index (χ0v) is 18.3. The van der Waals surface area contributed by atoms with E-state index in [4.69, 9.17) is 14.5 Å². The minimum Gasteiger partial charge on any atom is -0.394 e. The predicted molar refractivity (Wildman–Crippen MR) is 123 cm³/mol. The van der Waals surface area contributed by atoms with Crippen LogP contribution < -0.4 is 4.89 Å². The molecule has 4 aromatic rings. The fraction of sp³-hybridized carbons (Fsp3) is 0.320. The molecule has 5 rings (SSSR count). The largest absolute Gasteiger partial charge is 0.394 e. The Hall–Kier alpha value is -3.05. The average molecular weight is 466 g/mol. The first-order chi connectivity index (χ1) is 16.5. The second kappa shape index (κ2) is 9.67. The van der Waals surface area contributed by atoms with E-state index in [0.717, 1.165) is 6.42 Å². The second-order valence-electron chi connectivity index (χ2n) is 8.37. The Morgan fingerprint density at radius 2 is 1.76 bits per heavy atom. The molecule has 0 unspecified atom stereocenters. The van der Waals surface area contributed by atoms with E-state index in [2.05, 4.69) is 35.3 Å². The average Bonchev–Trinajstić information content (AvgIpc) is 3.28. The Labute approximate surface area is 195 Å². The summed E-state index contributed by atoms with van der Waals surface area (Å²) in [5, 5.41) is 42.0. The van der Waals surface area contributed by atoms with Crippen molar-refractivity contribution in [2.75, 3.05) is 6.61 Å². The van der Waals surface area contributed by atoms with Gasteiger partial charge in [0, 0.05) is 6.54 Å². The van der Waals surface area contributed by atoms with Crippen LogP contribution in [0.25, 0.3) is 21.8 Å². The standard InChI is InChI=1S/C25H26N2O7/c28-13-20-22(29)23(30)24(25(31)32-20)34-33-19-7-3-6-18-21(19)27(14-26-18)11-10-15-8-9-16-4-1-2-5-17(16)12-15/h1-9,12,14,20,22-25,28-31H,10-11,13H2/t20-,22-,23+,24-,25-/m1/s1. The second-order valence-corrected chi connectivity index (χ2v) is 8.37. The lowest BCUT2D eigenvalue weighted by Crippen LogP contribution is -2.59. The number of aliphatic hydroxyl groups is 4. The van der Waals surface area contributed by atoms with Crippen LogP contribution >= 0.6 is 0 Å². The topological polar surface area (TPSA) is 126 Å². The predicted octanol–water partition coefficient (Wildman–Crippen LogP) is 1.54. The summed E-state index contributed by atoms with van der Waals surface area (Å²) in [5.41, 5.74) is 2.58. The van der Waals surface area contributed by atoms with Crippen LogP contribution in [0.5, 0.6) is 5.75 Å². The van der Waals surface area contributed by atoms with Crippen molar-refractivity contribution >= 4 is 21.8 Å². The van der Waals surface area contributed by atoms with Crippen molar-refractivity contribution in [2.24, 2.45) is 0 Å². The maximum absolute atomic E-state index is 10.3. The molecule has 178 valence electrons. The van der Waals surface area contributed by atoms with Crippen LogP contribution in [0.1, 0.15) is 5.56 Å². The molecule has 5 atom stereocenters. The molecule has 1 aromatic heterocycles. The van der Waals surface area contributed by atoms with Gasteiger partial charge in [-0.1, -0.05) is 48.5 Å². The zero-order chi connectivity index (χ0) is 23.7. The van der Waals surface area contributed by atoms with Crippen molar-refractivity contribution in [1.82, 2.24) is 9.55 Å². The number of aliphatic hydroxyl groups excluding tert-OH is 4. The molecular weight excluding hydrogens is 440 g/mol. The van der Waals surface area contributed by atoms with Crippen LogP contribution in [0, 0.1) is 0 Å². The van der Waals surface area contributed by atoms with Gasteiger partial charge in [0.1, 0.15) is 23.8 Å². The van der Waals surface area contributed by atoms with Gasteiger partial charge in [0.25, 0.3) is 0 Å². The third-order valence-electron chi connectivity index (χ3n) is 6.15. The number of ether oxygens (including phenoxy) is 1. The van der Waals surface area contributed by atoms with E-state index in [-0.39, 0.29) is 0 Å². The van der Waals surface area contributed by atoms with Crippen LogP contribution in [0.2, 0.25) is 0 Å². The van der Waals surface area contributed by atoms with Gasteiger partial charge in [-0.3, -0.25) is 0 Å². The number of nitrogens with zero attached hydrogens (tertiary/aromatic N) is 2. The van der Waals surface area contributed by atoms with Crippen molar-refractivity contribution in [3.05, 3.63) is 72.6 Å². The fourth-order valence-corrected chi connectivity index (χ4v) is 4.26. The summed E-state index contributed by atoms with van der Waals surface area (Å²) >= 11 is 0. The number of fused-ring (bicyclic) bond motifs is 2. The monoisotopic (exact) mass is 466 g/mol. The van der Waals surface area contributed by atoms with Crippen LogP contribution in [-0.2, 0) is 22.6 Å². The van der Waals surface area contributed by atoms with E-state index in [1.807, 2.05) is 22.8 Å². The van der Waals surface area contributed by atoms with E-state index in [1.54, 1.807) is 18.5 Å². The zero-order valence-electron chi connectivity index (χ0n) is 18.3. The van der Waals surface area contributed by atoms with Crippen molar-refractivity contribution in [3.63, 3.8) is 0 Å². The molecule has 3 aromatic carbocycles. The first kappa shape index (κ1) is 22.7. The van der Waals surface area contributed by atoms with E-state index in [0.29, 0.717) is 23.3 Å². The SMILES string of the molecule is OC[C@H]1O[C@@H](O)[C@H](OOc2cccc3ncn(CCc4ccc5ccccc5c4)c23)[C@@H](O)[C@@H]1O. The fourth-order valence-electron chi connectivity index (χ4n) is 4.26. The Bertz CT molecular complexity index is 1280. The summed E-state index contributed by atoms with van der Waals surface area (Å²) in [5.74, 6) is 0.340. The van der Waals surface area contributed by atoms with Crippen molar-refractivity contribution in [3.8, 4) is 5.75 Å². The van der Waals surface area contributed by atoms with Gasteiger partial charge < -0.3 is 34.6 Å². The van der Waals surface area contributed by atoms with Gasteiger partial charge in [-0.05, 0) is 34.9 Å². The van der Waals surface area contributed by atoms with Gasteiger partial charge in [-0.25, -0.2) is 4.98 Å². The van der Waals surface area contributed by atoms with Crippen LogP contribution in [0.3, 0.4) is 0 Å². The van der Waals surface area contributed by atoms with Gasteiger partial charge >= 0.3 is 0 Å². The molecule has 1 fully saturated rings. The maximum atomic E-state index is 10.3. The van der Waals surface area contributed by atoms with Crippen molar-refractivity contribution in [2.45, 2.75) is 43.7 Å². The summed E-state index contributed by atoms with van der Waals surface area (Å²) in [6, 6.07) is 19.9. The molecular formula is C25H26N2O7. The molecule has 0 saturated carbocycles. The number of aryl methyl sites for hydroxylation is 2. The molecule has 0 radical (unpaired) electrons. The van der Waals surface area contributed by atoms with Crippen molar-refractivity contribution in [1.29, 1.82) is 0 Å². The van der Waals surface area contributed by atoms with E-state index < -0.39 is 37.3 Å². The molecule has 1 aliphatic heterocycles. The smallest absolute Gasteiger partial charge is 0.191 e. The van der Waals surface area contributed by atoms with E-state index in [9.17, 15) is 20.4 Å². The number of para-hydroxylation sites is 1. The molecule has 9 heteroatoms. The summed E-state index contributed by atoms with van der Waals surface area (Å²) in [4.78, 5) is 15.2. The summed E-state index contributed by atoms with van der Waals surface area (Å²) in [6.45, 7) is 0.0858. The molecule has 0 aliphatic carbocycles.